The average Bonchev–Trinajstić information content (AvgIpc) is 2.45. The first-order valence-corrected chi connectivity index (χ1v) is 7.16. The third-order valence-electron chi connectivity index (χ3n) is 3.60. The van der Waals surface area contributed by atoms with Gasteiger partial charge in [0.2, 0.25) is 0 Å². The Morgan fingerprint density at radius 3 is 2.81 bits per heavy atom. The Bertz CT molecular complexity index is 445. The molecule has 0 radical (unpaired) electrons. The van der Waals surface area contributed by atoms with E-state index in [1.165, 1.54) is 12.1 Å². The van der Waals surface area contributed by atoms with E-state index >= 15 is 0 Å². The van der Waals surface area contributed by atoms with Crippen LogP contribution >= 0.6 is 0 Å². The van der Waals surface area contributed by atoms with Crippen molar-refractivity contribution in [1.29, 1.82) is 0 Å². The lowest BCUT2D eigenvalue weighted by molar-refractivity contribution is -0.138. The van der Waals surface area contributed by atoms with E-state index < -0.39 is 11.7 Å². The fourth-order valence-corrected chi connectivity index (χ4v) is 2.52. The van der Waals surface area contributed by atoms with E-state index in [-0.39, 0.29) is 24.2 Å². The van der Waals surface area contributed by atoms with Crippen LogP contribution < -0.4 is 10.6 Å². The summed E-state index contributed by atoms with van der Waals surface area (Å²) in [4.78, 5) is 0. The number of hydrogen-bond donors (Lipinski definition) is 2. The molecule has 0 bridgehead atoms. The first kappa shape index (κ1) is 16.3. The van der Waals surface area contributed by atoms with Gasteiger partial charge in [-0.25, -0.2) is 0 Å². The summed E-state index contributed by atoms with van der Waals surface area (Å²) in [5.74, 6) is 0. The normalized spacial score (nSPS) is 21.2. The van der Waals surface area contributed by atoms with Crippen molar-refractivity contribution in [2.75, 3.05) is 19.8 Å². The fourth-order valence-electron chi connectivity index (χ4n) is 2.52. The summed E-state index contributed by atoms with van der Waals surface area (Å²) in [7, 11) is 0. The van der Waals surface area contributed by atoms with E-state index in [9.17, 15) is 13.2 Å². The molecule has 1 saturated heterocycles. The van der Waals surface area contributed by atoms with E-state index in [1.54, 1.807) is 6.07 Å². The zero-order valence-electron chi connectivity index (χ0n) is 12.0. The van der Waals surface area contributed by atoms with Crippen LogP contribution in [0, 0.1) is 0 Å². The van der Waals surface area contributed by atoms with Crippen LogP contribution in [0.1, 0.15) is 24.5 Å². The van der Waals surface area contributed by atoms with Crippen LogP contribution in [0.15, 0.2) is 24.3 Å². The molecule has 2 atom stereocenters. The van der Waals surface area contributed by atoms with Gasteiger partial charge in [0.05, 0.1) is 18.8 Å². The Balaban J connectivity index is 1.87. The summed E-state index contributed by atoms with van der Waals surface area (Å²) in [5.41, 5.74) is -0.284. The molecule has 1 fully saturated rings. The molecule has 1 aliphatic rings. The smallest absolute Gasteiger partial charge is 0.379 e. The van der Waals surface area contributed by atoms with Gasteiger partial charge in [-0.2, -0.15) is 13.2 Å². The zero-order chi connectivity index (χ0) is 15.3. The minimum Gasteiger partial charge on any atom is -0.379 e. The maximum atomic E-state index is 12.9. The molecule has 1 aliphatic heterocycles. The monoisotopic (exact) mass is 302 g/mol. The minimum absolute atomic E-state index is 0.116. The van der Waals surface area contributed by atoms with Gasteiger partial charge in [-0.05, 0) is 25.0 Å². The molecule has 3 nitrogen and oxygen atoms in total. The lowest BCUT2D eigenvalue weighted by atomic mass is 10.1. The third kappa shape index (κ3) is 4.98. The van der Waals surface area contributed by atoms with Crippen molar-refractivity contribution in [3.8, 4) is 0 Å². The zero-order valence-corrected chi connectivity index (χ0v) is 12.0. The van der Waals surface area contributed by atoms with E-state index in [0.717, 1.165) is 25.6 Å². The first-order chi connectivity index (χ1) is 9.97. The van der Waals surface area contributed by atoms with E-state index in [2.05, 4.69) is 10.6 Å². The van der Waals surface area contributed by atoms with Gasteiger partial charge >= 0.3 is 6.18 Å². The summed E-state index contributed by atoms with van der Waals surface area (Å²) in [6, 6.07) is 6.07. The van der Waals surface area contributed by atoms with Crippen molar-refractivity contribution in [2.24, 2.45) is 0 Å². The molecule has 21 heavy (non-hydrogen) atoms. The number of alkyl halides is 3. The standard InChI is InChI=1S/C15H21F3N2O/c1-11(8-13-10-21-7-6-19-13)20-9-12-4-2-3-5-14(12)15(16,17)18/h2-5,11,13,19-20H,6-10H2,1H3. The molecule has 0 spiro atoms. The highest BCUT2D eigenvalue weighted by molar-refractivity contribution is 5.29. The number of morpholine rings is 1. The Morgan fingerprint density at radius 1 is 1.38 bits per heavy atom. The van der Waals surface area contributed by atoms with Crippen LogP contribution in [-0.4, -0.2) is 31.8 Å². The number of benzene rings is 1. The molecule has 6 heteroatoms. The predicted octanol–water partition coefficient (Wildman–Crippen LogP) is 2.56. The summed E-state index contributed by atoms with van der Waals surface area (Å²) in [6.07, 6.45) is -3.48. The molecule has 1 aromatic rings. The van der Waals surface area contributed by atoms with Crippen LogP contribution in [0.25, 0.3) is 0 Å². The van der Waals surface area contributed by atoms with Crippen molar-refractivity contribution in [2.45, 2.75) is 38.1 Å². The highest BCUT2D eigenvalue weighted by Crippen LogP contribution is 2.31. The van der Waals surface area contributed by atoms with E-state index in [4.69, 9.17) is 4.74 Å². The van der Waals surface area contributed by atoms with Gasteiger partial charge in [-0.3, -0.25) is 0 Å². The van der Waals surface area contributed by atoms with Crippen LogP contribution in [0.3, 0.4) is 0 Å². The Hall–Kier alpha value is -1.11. The molecule has 2 unspecified atom stereocenters. The lowest BCUT2D eigenvalue weighted by Gasteiger charge is -2.27. The molecule has 0 amide bonds. The molecular formula is C15H21F3N2O. The first-order valence-electron chi connectivity index (χ1n) is 7.16. The number of nitrogens with one attached hydrogen (secondary N) is 2. The highest BCUT2D eigenvalue weighted by Gasteiger charge is 2.32. The molecule has 0 aromatic heterocycles. The molecule has 1 aromatic carbocycles. The van der Waals surface area contributed by atoms with Crippen LogP contribution in [0.4, 0.5) is 13.2 Å². The molecule has 2 N–H and O–H groups in total. The number of hydrogen-bond acceptors (Lipinski definition) is 3. The molecule has 0 aliphatic carbocycles. The second-order valence-corrected chi connectivity index (χ2v) is 5.40. The lowest BCUT2D eigenvalue weighted by Crippen LogP contribution is -2.44. The molecule has 118 valence electrons. The van der Waals surface area contributed by atoms with Crippen molar-refractivity contribution in [1.82, 2.24) is 10.6 Å². The fraction of sp³-hybridized carbons (Fsp3) is 0.600. The summed E-state index contributed by atoms with van der Waals surface area (Å²) >= 11 is 0. The SMILES string of the molecule is CC(CC1COCCN1)NCc1ccccc1C(F)(F)F. The van der Waals surface area contributed by atoms with Crippen molar-refractivity contribution in [3.63, 3.8) is 0 Å². The summed E-state index contributed by atoms with van der Waals surface area (Å²) in [5, 5.41) is 6.50. The average molecular weight is 302 g/mol. The highest BCUT2D eigenvalue weighted by atomic mass is 19.4. The van der Waals surface area contributed by atoms with Gasteiger partial charge in [0, 0.05) is 25.2 Å². The van der Waals surface area contributed by atoms with Gasteiger partial charge in [-0.1, -0.05) is 18.2 Å². The Kier molecular flexibility index (Phi) is 5.61. The summed E-state index contributed by atoms with van der Waals surface area (Å²) < 4.78 is 44.0. The second-order valence-electron chi connectivity index (χ2n) is 5.40. The maximum absolute atomic E-state index is 12.9. The van der Waals surface area contributed by atoms with Crippen molar-refractivity contribution in [3.05, 3.63) is 35.4 Å². The van der Waals surface area contributed by atoms with Crippen LogP contribution in [0.5, 0.6) is 0 Å². The minimum atomic E-state index is -4.31. The quantitative estimate of drug-likeness (QED) is 0.877. The summed E-state index contributed by atoms with van der Waals surface area (Å²) in [6.45, 7) is 4.40. The third-order valence-corrected chi connectivity index (χ3v) is 3.60. The predicted molar refractivity (Wildman–Crippen MR) is 75.0 cm³/mol. The molecule has 1 heterocycles. The van der Waals surface area contributed by atoms with Gasteiger partial charge in [0.1, 0.15) is 0 Å². The van der Waals surface area contributed by atoms with Crippen molar-refractivity contribution < 1.29 is 17.9 Å². The second kappa shape index (κ2) is 7.24. The molecule has 0 saturated carbocycles. The maximum Gasteiger partial charge on any atom is 0.416 e. The van der Waals surface area contributed by atoms with Crippen molar-refractivity contribution >= 4 is 0 Å². The number of rotatable bonds is 5. The molecule has 2 rings (SSSR count). The largest absolute Gasteiger partial charge is 0.416 e. The van der Waals surface area contributed by atoms with E-state index in [0.29, 0.717) is 6.61 Å². The van der Waals surface area contributed by atoms with Crippen LogP contribution in [-0.2, 0) is 17.5 Å². The Labute approximate surface area is 122 Å². The van der Waals surface area contributed by atoms with Gasteiger partial charge in [0.25, 0.3) is 0 Å². The number of ether oxygens (including phenoxy) is 1. The Morgan fingerprint density at radius 2 is 2.14 bits per heavy atom. The van der Waals surface area contributed by atoms with Crippen LogP contribution in [0.2, 0.25) is 0 Å². The van der Waals surface area contributed by atoms with Gasteiger partial charge < -0.3 is 15.4 Å². The van der Waals surface area contributed by atoms with Gasteiger partial charge in [-0.15, -0.1) is 0 Å². The number of halogens is 3. The van der Waals surface area contributed by atoms with Gasteiger partial charge in [0.15, 0.2) is 0 Å². The van der Waals surface area contributed by atoms with E-state index in [1.807, 2.05) is 6.92 Å². The topological polar surface area (TPSA) is 33.3 Å². The molecular weight excluding hydrogens is 281 g/mol.